The van der Waals surface area contributed by atoms with Crippen molar-refractivity contribution in [1.82, 2.24) is 25.4 Å². The minimum Gasteiger partial charge on any atom is -0.491 e. The van der Waals surface area contributed by atoms with Gasteiger partial charge in [-0.25, -0.2) is 9.42 Å². The van der Waals surface area contributed by atoms with E-state index in [1.54, 1.807) is 0 Å². The van der Waals surface area contributed by atoms with Crippen molar-refractivity contribution in [2.75, 3.05) is 70.9 Å². The largest absolute Gasteiger partial charge is 0.491 e. The Bertz CT molecular complexity index is 1410. The van der Waals surface area contributed by atoms with Crippen LogP contribution in [0.25, 0.3) is 11.0 Å². The van der Waals surface area contributed by atoms with Crippen LogP contribution in [-0.4, -0.2) is 98.3 Å². The van der Waals surface area contributed by atoms with Gasteiger partial charge >= 0.3 is 6.03 Å². The molecule has 1 spiro atoms. The number of carbonyl (C=O) groups is 2. The van der Waals surface area contributed by atoms with Crippen molar-refractivity contribution in [3.05, 3.63) is 42.0 Å². The molecule has 13 nitrogen and oxygen atoms in total. The van der Waals surface area contributed by atoms with Crippen LogP contribution in [0.1, 0.15) is 18.4 Å². The summed E-state index contributed by atoms with van der Waals surface area (Å²) in [7, 11) is 3.37. The second-order valence-electron chi connectivity index (χ2n) is 11.7. The lowest BCUT2D eigenvalue weighted by atomic mass is 9.56. The Morgan fingerprint density at radius 1 is 1.07 bits per heavy atom. The van der Waals surface area contributed by atoms with Gasteiger partial charge < -0.3 is 29.9 Å². The summed E-state index contributed by atoms with van der Waals surface area (Å²) in [6, 6.07) is 12.1. The van der Waals surface area contributed by atoms with Gasteiger partial charge in [0.25, 0.3) is 6.47 Å². The maximum Gasteiger partial charge on any atom is 0.320 e. The van der Waals surface area contributed by atoms with Crippen molar-refractivity contribution in [2.24, 2.45) is 11.3 Å². The molecule has 224 valence electrons. The van der Waals surface area contributed by atoms with Crippen LogP contribution >= 0.6 is 0 Å². The van der Waals surface area contributed by atoms with Crippen LogP contribution in [0.15, 0.2) is 41.0 Å². The van der Waals surface area contributed by atoms with Gasteiger partial charge in [-0.1, -0.05) is 18.2 Å². The van der Waals surface area contributed by atoms with Gasteiger partial charge in [-0.2, -0.15) is 0 Å². The standard InChI is InChI=1S/C29H37N7O6/c1-30-29(18-40-19-37)16-36(17-29)27(38)35-14-28(15-35)12-20(13-28)11-21-5-3-4-6-24(21)41-10-9-31-22-7-8-23(32-39-2)26-25(22)33-42-34-26/h3-8,19-20,30-32H,9-18H2,1-2H3. The number of urea groups is 1. The predicted octanol–water partition coefficient (Wildman–Crippen LogP) is 2.51. The molecule has 2 aromatic carbocycles. The molecule has 2 amide bonds. The summed E-state index contributed by atoms with van der Waals surface area (Å²) in [5, 5.41) is 14.5. The van der Waals surface area contributed by atoms with Crippen molar-refractivity contribution >= 4 is 34.9 Å². The summed E-state index contributed by atoms with van der Waals surface area (Å²) in [5.41, 5.74) is 6.59. The summed E-state index contributed by atoms with van der Waals surface area (Å²) in [4.78, 5) is 32.2. The van der Waals surface area contributed by atoms with Crippen molar-refractivity contribution in [3.8, 4) is 5.75 Å². The SMILES string of the molecule is CNC1(COC=O)CN(C(=O)N2CC3(CC(Cc4ccccc4OCCNc4ccc(NOC)c5nonc45)C3)C2)C1. The van der Waals surface area contributed by atoms with E-state index in [1.165, 1.54) is 12.7 Å². The smallest absolute Gasteiger partial charge is 0.320 e. The third-order valence-electron chi connectivity index (χ3n) is 8.77. The summed E-state index contributed by atoms with van der Waals surface area (Å²) in [5.74, 6) is 1.49. The molecular weight excluding hydrogens is 542 g/mol. The zero-order chi connectivity index (χ0) is 29.2. The highest BCUT2D eigenvalue weighted by atomic mass is 16.6. The van der Waals surface area contributed by atoms with Gasteiger partial charge in [0, 0.05) is 38.1 Å². The van der Waals surface area contributed by atoms with E-state index in [4.69, 9.17) is 18.9 Å². The van der Waals surface area contributed by atoms with Crippen LogP contribution in [0.4, 0.5) is 16.2 Å². The predicted molar refractivity (Wildman–Crippen MR) is 154 cm³/mol. The Morgan fingerprint density at radius 3 is 2.52 bits per heavy atom. The van der Waals surface area contributed by atoms with Crippen LogP contribution in [-0.2, 0) is 20.8 Å². The molecule has 1 aromatic heterocycles. The number of aromatic nitrogens is 2. The highest BCUT2D eigenvalue weighted by molar-refractivity contribution is 5.95. The maximum absolute atomic E-state index is 12.9. The Morgan fingerprint density at radius 2 is 1.79 bits per heavy atom. The Hall–Kier alpha value is -4.10. The number of hydrogen-bond acceptors (Lipinski definition) is 11. The van der Waals surface area contributed by atoms with E-state index in [1.807, 2.05) is 41.1 Å². The average molecular weight is 580 g/mol. The third kappa shape index (κ3) is 5.41. The fourth-order valence-corrected chi connectivity index (χ4v) is 6.67. The maximum atomic E-state index is 12.9. The van der Waals surface area contributed by atoms with Crippen LogP contribution in [0, 0.1) is 11.3 Å². The van der Waals surface area contributed by atoms with Gasteiger partial charge in [0.15, 0.2) is 11.0 Å². The zero-order valence-electron chi connectivity index (χ0n) is 23.9. The topological polar surface area (TPSA) is 143 Å². The number of benzene rings is 2. The van der Waals surface area contributed by atoms with Gasteiger partial charge in [-0.05, 0) is 66.3 Å². The molecular formula is C29H37N7O6. The number of anilines is 2. The molecule has 3 fully saturated rings. The van der Waals surface area contributed by atoms with Gasteiger partial charge in [-0.15, -0.1) is 0 Å². The number of hydrogen-bond donors (Lipinski definition) is 3. The first-order chi connectivity index (χ1) is 20.5. The summed E-state index contributed by atoms with van der Waals surface area (Å²) in [6.45, 7) is 4.53. The van der Waals surface area contributed by atoms with Crippen LogP contribution in [0.5, 0.6) is 5.75 Å². The van der Waals surface area contributed by atoms with Gasteiger partial charge in [-0.3, -0.25) is 15.1 Å². The van der Waals surface area contributed by atoms with Gasteiger partial charge in [0.05, 0.1) is 24.0 Å². The highest BCUT2D eigenvalue weighted by Gasteiger charge is 2.55. The second-order valence-corrected chi connectivity index (χ2v) is 11.7. The van der Waals surface area contributed by atoms with Crippen LogP contribution in [0.2, 0.25) is 0 Å². The highest BCUT2D eigenvalue weighted by Crippen LogP contribution is 2.53. The second kappa shape index (κ2) is 11.6. The van der Waals surface area contributed by atoms with Crippen LogP contribution < -0.4 is 20.9 Å². The molecule has 0 radical (unpaired) electrons. The first kappa shape index (κ1) is 28.0. The molecule has 0 bridgehead atoms. The number of likely N-dealkylation sites (N-methyl/N-ethyl adjacent to an activating group) is 1. The van der Waals surface area contributed by atoms with E-state index < -0.39 is 0 Å². The summed E-state index contributed by atoms with van der Waals surface area (Å²) < 4.78 is 16.0. The molecule has 3 heterocycles. The zero-order valence-corrected chi connectivity index (χ0v) is 23.9. The van der Waals surface area contributed by atoms with E-state index in [2.05, 4.69) is 38.6 Å². The fraction of sp³-hybridized carbons (Fsp3) is 0.517. The van der Waals surface area contributed by atoms with Crippen LogP contribution in [0.3, 0.4) is 0 Å². The number of likely N-dealkylation sites (tertiary alicyclic amines) is 2. The summed E-state index contributed by atoms with van der Waals surface area (Å²) >= 11 is 0. The van der Waals surface area contributed by atoms with E-state index in [-0.39, 0.29) is 23.6 Å². The molecule has 2 aliphatic heterocycles. The molecule has 1 aliphatic carbocycles. The quantitative estimate of drug-likeness (QED) is 0.156. The van der Waals surface area contributed by atoms with E-state index in [9.17, 15) is 9.59 Å². The molecule has 0 atom stereocenters. The lowest BCUT2D eigenvalue weighted by Gasteiger charge is -2.61. The molecule has 2 saturated heterocycles. The molecule has 1 saturated carbocycles. The number of para-hydroxylation sites is 1. The fourth-order valence-electron chi connectivity index (χ4n) is 6.67. The molecule has 3 aromatic rings. The number of nitrogens with one attached hydrogen (secondary N) is 3. The van der Waals surface area contributed by atoms with E-state index in [0.29, 0.717) is 55.4 Å². The number of carbonyl (C=O) groups excluding carboxylic acids is 2. The monoisotopic (exact) mass is 579 g/mol. The number of fused-ring (bicyclic) bond motifs is 1. The minimum atomic E-state index is -0.333. The Kier molecular flexibility index (Phi) is 7.78. The molecule has 42 heavy (non-hydrogen) atoms. The normalized spacial score (nSPS) is 18.6. The van der Waals surface area contributed by atoms with E-state index >= 15 is 0 Å². The lowest BCUT2D eigenvalue weighted by Crippen LogP contribution is -2.75. The van der Waals surface area contributed by atoms with Crippen molar-refractivity contribution in [3.63, 3.8) is 0 Å². The Balaban J connectivity index is 0.940. The third-order valence-corrected chi connectivity index (χ3v) is 8.77. The first-order valence-electron chi connectivity index (χ1n) is 14.2. The first-order valence-corrected chi connectivity index (χ1v) is 14.2. The number of ether oxygens (including phenoxy) is 2. The molecule has 3 aliphatic rings. The molecule has 6 rings (SSSR count). The van der Waals surface area contributed by atoms with Crippen molar-refractivity contribution in [1.29, 1.82) is 0 Å². The average Bonchev–Trinajstić information content (AvgIpc) is 3.44. The number of nitrogens with zero attached hydrogens (tertiary/aromatic N) is 4. The molecule has 0 unspecified atom stereocenters. The number of amides is 2. The number of rotatable bonds is 13. The lowest BCUT2D eigenvalue weighted by molar-refractivity contribution is -0.133. The molecule has 13 heteroatoms. The van der Waals surface area contributed by atoms with Gasteiger partial charge in [0.2, 0.25) is 0 Å². The molecule has 3 N–H and O–H groups in total. The van der Waals surface area contributed by atoms with E-state index in [0.717, 1.165) is 43.8 Å². The van der Waals surface area contributed by atoms with Crippen molar-refractivity contribution < 1.29 is 28.5 Å². The minimum absolute atomic E-state index is 0.0801. The van der Waals surface area contributed by atoms with Gasteiger partial charge in [0.1, 0.15) is 19.0 Å². The Labute approximate surface area is 243 Å². The van der Waals surface area contributed by atoms with Crippen molar-refractivity contribution in [2.45, 2.75) is 24.8 Å². The summed E-state index contributed by atoms with van der Waals surface area (Å²) in [6.07, 6.45) is 3.21.